The van der Waals surface area contributed by atoms with E-state index in [1.807, 2.05) is 39.0 Å². The van der Waals surface area contributed by atoms with Crippen molar-refractivity contribution in [2.24, 2.45) is 5.41 Å². The molecule has 1 amide bonds. The summed E-state index contributed by atoms with van der Waals surface area (Å²) < 4.78 is 13.7. The van der Waals surface area contributed by atoms with Crippen LogP contribution in [0.1, 0.15) is 52.0 Å². The number of thiophene rings is 1. The molecule has 1 aliphatic heterocycles. The molecular weight excluding hydrogens is 482 g/mol. The quantitative estimate of drug-likeness (QED) is 0.416. The SMILES string of the molecule is CC(C)(C)C(=O)Cn1c(=O)n(CCCCCC(=O)NCc2ccc3c(c2)OCO3)c(=O)c2sccc21. The maximum atomic E-state index is 13.1. The van der Waals surface area contributed by atoms with Gasteiger partial charge in [-0.15, -0.1) is 11.3 Å². The maximum absolute atomic E-state index is 13.1. The predicted octanol–water partition coefficient (Wildman–Crippen LogP) is 3.45. The summed E-state index contributed by atoms with van der Waals surface area (Å²) in [5.74, 6) is 1.25. The Morgan fingerprint density at radius 1 is 1.03 bits per heavy atom. The summed E-state index contributed by atoms with van der Waals surface area (Å²) in [6.45, 7) is 6.22. The second-order valence-corrected chi connectivity index (χ2v) is 10.8. The lowest BCUT2D eigenvalue weighted by molar-refractivity contribution is -0.127. The van der Waals surface area contributed by atoms with E-state index < -0.39 is 11.1 Å². The molecule has 3 aromatic rings. The van der Waals surface area contributed by atoms with Gasteiger partial charge < -0.3 is 14.8 Å². The highest BCUT2D eigenvalue weighted by molar-refractivity contribution is 7.17. The number of ketones is 1. The Labute approximate surface area is 212 Å². The third kappa shape index (κ3) is 5.70. The number of nitrogens with one attached hydrogen (secondary N) is 1. The molecule has 0 unspecified atom stereocenters. The van der Waals surface area contributed by atoms with Crippen molar-refractivity contribution in [1.82, 2.24) is 14.5 Å². The van der Waals surface area contributed by atoms with Gasteiger partial charge in [0.1, 0.15) is 4.70 Å². The normalized spacial score (nSPS) is 12.8. The van der Waals surface area contributed by atoms with E-state index in [4.69, 9.17) is 9.47 Å². The van der Waals surface area contributed by atoms with Crippen molar-refractivity contribution in [1.29, 1.82) is 0 Å². The number of carbonyl (C=O) groups is 2. The van der Waals surface area contributed by atoms with Crippen molar-refractivity contribution in [3.05, 3.63) is 56.0 Å². The average molecular weight is 514 g/mol. The van der Waals surface area contributed by atoms with Crippen molar-refractivity contribution in [3.8, 4) is 11.5 Å². The van der Waals surface area contributed by atoms with Crippen LogP contribution >= 0.6 is 11.3 Å². The third-order valence-corrected chi connectivity index (χ3v) is 7.08. The van der Waals surface area contributed by atoms with Gasteiger partial charge in [0.15, 0.2) is 17.3 Å². The molecular formula is C26H31N3O6S. The van der Waals surface area contributed by atoms with Crippen molar-refractivity contribution in [2.45, 2.75) is 66.1 Å². The minimum absolute atomic E-state index is 0.0621. The van der Waals surface area contributed by atoms with Gasteiger partial charge in [-0.1, -0.05) is 33.3 Å². The molecule has 0 radical (unpaired) electrons. The lowest BCUT2D eigenvalue weighted by atomic mass is 9.91. The highest BCUT2D eigenvalue weighted by atomic mass is 32.1. The van der Waals surface area contributed by atoms with Crippen LogP contribution in [-0.2, 0) is 29.2 Å². The number of hydrogen-bond acceptors (Lipinski definition) is 7. The summed E-state index contributed by atoms with van der Waals surface area (Å²) in [6.07, 6.45) is 2.26. The number of fused-ring (bicyclic) bond motifs is 2. The van der Waals surface area contributed by atoms with E-state index in [2.05, 4.69) is 5.32 Å². The number of aromatic nitrogens is 2. The molecule has 0 fully saturated rings. The summed E-state index contributed by atoms with van der Waals surface area (Å²) >= 11 is 1.27. The van der Waals surface area contributed by atoms with Gasteiger partial charge in [-0.3, -0.25) is 23.5 Å². The first-order valence-corrected chi connectivity index (χ1v) is 12.9. The van der Waals surface area contributed by atoms with Crippen molar-refractivity contribution in [2.75, 3.05) is 6.79 Å². The molecule has 2 aromatic heterocycles. The number of amides is 1. The Morgan fingerprint density at radius 3 is 2.58 bits per heavy atom. The molecule has 3 heterocycles. The van der Waals surface area contributed by atoms with Crippen molar-refractivity contribution in [3.63, 3.8) is 0 Å². The minimum atomic E-state index is -0.591. The Kier molecular flexibility index (Phi) is 7.63. The number of carbonyl (C=O) groups excluding carboxylic acids is 2. The molecule has 36 heavy (non-hydrogen) atoms. The maximum Gasteiger partial charge on any atom is 0.331 e. The van der Waals surface area contributed by atoms with Crippen LogP contribution in [0.5, 0.6) is 11.5 Å². The number of unbranched alkanes of at least 4 members (excludes halogenated alkanes) is 2. The largest absolute Gasteiger partial charge is 0.454 e. The molecule has 1 aliphatic rings. The van der Waals surface area contributed by atoms with Gasteiger partial charge in [-0.25, -0.2) is 4.79 Å². The van der Waals surface area contributed by atoms with Crippen LogP contribution in [0, 0.1) is 5.41 Å². The second kappa shape index (κ2) is 10.7. The van der Waals surface area contributed by atoms with Gasteiger partial charge >= 0.3 is 5.69 Å². The topological polar surface area (TPSA) is 109 Å². The lowest BCUT2D eigenvalue weighted by Gasteiger charge is -2.18. The molecule has 0 spiro atoms. The molecule has 1 N–H and O–H groups in total. The molecule has 4 rings (SSSR count). The molecule has 10 heteroatoms. The van der Waals surface area contributed by atoms with E-state index in [1.54, 1.807) is 11.4 Å². The van der Waals surface area contributed by atoms with Crippen LogP contribution in [0.3, 0.4) is 0 Å². The molecule has 192 valence electrons. The summed E-state index contributed by atoms with van der Waals surface area (Å²) in [4.78, 5) is 50.9. The van der Waals surface area contributed by atoms with Crippen LogP contribution in [0.4, 0.5) is 0 Å². The average Bonchev–Trinajstić information content (AvgIpc) is 3.50. The summed E-state index contributed by atoms with van der Waals surface area (Å²) in [6, 6.07) is 7.28. The first-order valence-electron chi connectivity index (χ1n) is 12.0. The number of hydrogen-bond donors (Lipinski definition) is 1. The fourth-order valence-corrected chi connectivity index (χ4v) is 4.78. The Hall–Kier alpha value is -3.40. The molecule has 0 saturated carbocycles. The smallest absolute Gasteiger partial charge is 0.331 e. The van der Waals surface area contributed by atoms with Crippen molar-refractivity contribution < 1.29 is 19.1 Å². The van der Waals surface area contributed by atoms with Gasteiger partial charge in [-0.05, 0) is 42.0 Å². The molecule has 1 aromatic carbocycles. The van der Waals surface area contributed by atoms with E-state index >= 15 is 0 Å². The Balaban J connectivity index is 1.30. The van der Waals surface area contributed by atoms with Crippen molar-refractivity contribution >= 4 is 33.2 Å². The van der Waals surface area contributed by atoms with E-state index in [9.17, 15) is 19.2 Å². The fraction of sp³-hybridized carbons (Fsp3) is 0.462. The zero-order chi connectivity index (χ0) is 25.9. The monoisotopic (exact) mass is 513 g/mol. The van der Waals surface area contributed by atoms with E-state index in [0.29, 0.717) is 53.9 Å². The number of Topliss-reactive ketones (excluding diaryl/α,β-unsaturated/α-hetero) is 1. The lowest BCUT2D eigenvalue weighted by Crippen LogP contribution is -2.42. The van der Waals surface area contributed by atoms with E-state index in [1.165, 1.54) is 20.5 Å². The zero-order valence-corrected chi connectivity index (χ0v) is 21.6. The van der Waals surface area contributed by atoms with Crippen LogP contribution in [0.15, 0.2) is 39.2 Å². The Morgan fingerprint density at radius 2 is 1.81 bits per heavy atom. The first-order chi connectivity index (χ1) is 17.1. The van der Waals surface area contributed by atoms with Crippen LogP contribution < -0.4 is 26.0 Å². The molecule has 0 bridgehead atoms. The van der Waals surface area contributed by atoms with Crippen LogP contribution in [-0.4, -0.2) is 27.6 Å². The molecule has 0 atom stereocenters. The zero-order valence-electron chi connectivity index (χ0n) is 20.8. The highest BCUT2D eigenvalue weighted by Crippen LogP contribution is 2.32. The molecule has 0 aliphatic carbocycles. The number of nitrogens with zero attached hydrogens (tertiary/aromatic N) is 2. The summed E-state index contributed by atoms with van der Waals surface area (Å²) in [5, 5.41) is 4.66. The number of benzene rings is 1. The van der Waals surface area contributed by atoms with Gasteiger partial charge in [0.25, 0.3) is 5.56 Å². The number of ether oxygens (including phenoxy) is 2. The summed E-state index contributed by atoms with van der Waals surface area (Å²) in [5.41, 5.74) is 0.0440. The predicted molar refractivity (Wildman–Crippen MR) is 138 cm³/mol. The van der Waals surface area contributed by atoms with Crippen LogP contribution in [0.2, 0.25) is 0 Å². The van der Waals surface area contributed by atoms with Crippen LogP contribution in [0.25, 0.3) is 10.2 Å². The second-order valence-electron chi connectivity index (χ2n) is 9.91. The number of rotatable bonds is 10. The first kappa shape index (κ1) is 25.7. The highest BCUT2D eigenvalue weighted by Gasteiger charge is 2.24. The van der Waals surface area contributed by atoms with Gasteiger partial charge in [0.2, 0.25) is 12.7 Å². The third-order valence-electron chi connectivity index (χ3n) is 6.19. The molecule has 9 nitrogen and oxygen atoms in total. The standard InChI is InChI=1S/C26H31N3O6S/c1-26(2,3)21(30)15-29-18-10-12-36-23(18)24(32)28(25(29)33)11-6-4-5-7-22(31)27-14-17-8-9-19-20(13-17)35-16-34-19/h8-10,12-13H,4-7,11,14-16H2,1-3H3,(H,27,31). The van der Waals surface area contributed by atoms with E-state index in [-0.39, 0.29) is 37.1 Å². The molecule has 0 saturated heterocycles. The van der Waals surface area contributed by atoms with Gasteiger partial charge in [0, 0.05) is 24.9 Å². The Bertz CT molecular complexity index is 1400. The fourth-order valence-electron chi connectivity index (χ4n) is 3.94. The minimum Gasteiger partial charge on any atom is -0.454 e. The van der Waals surface area contributed by atoms with E-state index in [0.717, 1.165) is 5.56 Å². The summed E-state index contributed by atoms with van der Waals surface area (Å²) in [7, 11) is 0. The van der Waals surface area contributed by atoms with Gasteiger partial charge in [-0.2, -0.15) is 0 Å². The van der Waals surface area contributed by atoms with Gasteiger partial charge in [0.05, 0.1) is 12.1 Å².